The zero-order chi connectivity index (χ0) is 7.28. The molecule has 3 heteroatoms. The highest BCUT2D eigenvalue weighted by Crippen LogP contribution is 1.90. The van der Waals surface area contributed by atoms with Crippen LogP contribution in [0, 0.1) is 0 Å². The van der Waals surface area contributed by atoms with E-state index in [1.165, 1.54) is 0 Å². The molecule has 1 N–H and O–H groups in total. The lowest BCUT2D eigenvalue weighted by Crippen LogP contribution is -2.21. The smallest absolute Gasteiger partial charge is 0.222 e. The summed E-state index contributed by atoms with van der Waals surface area (Å²) in [5.74, 6) is 0.113. The Bertz CT molecular complexity index is 91.1. The second kappa shape index (κ2) is 4.32. The van der Waals surface area contributed by atoms with Crippen molar-refractivity contribution >= 4 is 5.91 Å². The van der Waals surface area contributed by atoms with E-state index < -0.39 is 0 Å². The Morgan fingerprint density at radius 1 is 1.56 bits per heavy atom. The van der Waals surface area contributed by atoms with Gasteiger partial charge in [0.15, 0.2) is 0 Å². The van der Waals surface area contributed by atoms with E-state index in [4.69, 9.17) is 5.73 Å². The fourth-order valence-corrected chi connectivity index (χ4v) is 0.463. The molecule has 1 radical (unpaired) electrons. The van der Waals surface area contributed by atoms with Crippen LogP contribution in [0.1, 0.15) is 12.8 Å². The summed E-state index contributed by atoms with van der Waals surface area (Å²) in [5.41, 5.74) is 6.77. The van der Waals surface area contributed by atoms with Crippen molar-refractivity contribution < 1.29 is 4.79 Å². The molecular weight excluding hydrogens is 116 g/mol. The number of carbonyl (C=O) groups is 1. The summed E-state index contributed by atoms with van der Waals surface area (Å²) in [6.07, 6.45) is 1.19. The third-order valence-corrected chi connectivity index (χ3v) is 1.07. The van der Waals surface area contributed by atoms with Gasteiger partial charge in [-0.3, -0.25) is 10.5 Å². The molecule has 0 rings (SSSR count). The highest BCUT2D eigenvalue weighted by molar-refractivity contribution is 5.75. The predicted molar refractivity (Wildman–Crippen MR) is 35.9 cm³/mol. The van der Waals surface area contributed by atoms with Gasteiger partial charge in [0.2, 0.25) is 5.91 Å². The van der Waals surface area contributed by atoms with E-state index in [9.17, 15) is 4.79 Å². The highest BCUT2D eigenvalue weighted by Gasteiger charge is 2.00. The van der Waals surface area contributed by atoms with Gasteiger partial charge in [-0.05, 0) is 6.42 Å². The number of amides is 1. The van der Waals surface area contributed by atoms with Crippen LogP contribution in [0.3, 0.4) is 0 Å². The molecule has 0 saturated carbocycles. The van der Waals surface area contributed by atoms with Gasteiger partial charge in [0.1, 0.15) is 0 Å². The number of hydrogen-bond donors (Lipinski definition) is 0. The molecule has 0 aromatic carbocycles. The highest BCUT2D eigenvalue weighted by atomic mass is 16.2. The average molecular weight is 129 g/mol. The molecule has 0 heterocycles. The second-order valence-electron chi connectivity index (χ2n) is 2.14. The van der Waals surface area contributed by atoms with Gasteiger partial charge >= 0.3 is 0 Å². The zero-order valence-corrected chi connectivity index (χ0v) is 5.98. The molecule has 1 amide bonds. The van der Waals surface area contributed by atoms with Crippen LogP contribution >= 0.6 is 0 Å². The van der Waals surface area contributed by atoms with Gasteiger partial charge in [0.05, 0.1) is 0 Å². The molecule has 0 aliphatic carbocycles. The quantitative estimate of drug-likeness (QED) is 0.534. The Labute approximate surface area is 55.8 Å². The molecule has 0 aromatic heterocycles. The van der Waals surface area contributed by atoms with Crippen LogP contribution < -0.4 is 5.73 Å². The van der Waals surface area contributed by atoms with Gasteiger partial charge < -0.3 is 4.90 Å². The monoisotopic (exact) mass is 129 g/mol. The van der Waals surface area contributed by atoms with Crippen LogP contribution in [0.15, 0.2) is 0 Å². The molecule has 0 atom stereocenters. The topological polar surface area (TPSA) is 44.1 Å². The SMILES string of the molecule is CN(C)C(=O)CCC[NH]. The largest absolute Gasteiger partial charge is 0.349 e. The summed E-state index contributed by atoms with van der Waals surface area (Å²) in [6, 6.07) is 0. The molecule has 0 aliphatic heterocycles. The first-order valence-electron chi connectivity index (χ1n) is 3.03. The maximum Gasteiger partial charge on any atom is 0.222 e. The van der Waals surface area contributed by atoms with Crippen LogP contribution in [0.5, 0.6) is 0 Å². The van der Waals surface area contributed by atoms with Gasteiger partial charge in [-0.2, -0.15) is 0 Å². The van der Waals surface area contributed by atoms with Crippen molar-refractivity contribution in [3.05, 3.63) is 0 Å². The van der Waals surface area contributed by atoms with Gasteiger partial charge in [-0.1, -0.05) is 0 Å². The Morgan fingerprint density at radius 2 is 2.11 bits per heavy atom. The third-order valence-electron chi connectivity index (χ3n) is 1.07. The summed E-state index contributed by atoms with van der Waals surface area (Å²) >= 11 is 0. The van der Waals surface area contributed by atoms with E-state index in [-0.39, 0.29) is 5.91 Å². The standard InChI is InChI=1S/C6H13N2O/c1-8(2)6(9)4-3-5-7/h7H,3-5H2,1-2H3. The van der Waals surface area contributed by atoms with E-state index in [0.29, 0.717) is 19.4 Å². The van der Waals surface area contributed by atoms with Crippen molar-refractivity contribution in [3.63, 3.8) is 0 Å². The van der Waals surface area contributed by atoms with Gasteiger partial charge in [0, 0.05) is 27.1 Å². The average Bonchev–Trinajstić information content (AvgIpc) is 1.82. The molecule has 0 bridgehead atoms. The van der Waals surface area contributed by atoms with Crippen molar-refractivity contribution in [2.45, 2.75) is 12.8 Å². The first-order chi connectivity index (χ1) is 4.18. The minimum atomic E-state index is 0.113. The normalized spacial score (nSPS) is 9.22. The summed E-state index contributed by atoms with van der Waals surface area (Å²) in [7, 11) is 3.46. The fraction of sp³-hybridized carbons (Fsp3) is 0.833. The minimum Gasteiger partial charge on any atom is -0.349 e. The Kier molecular flexibility index (Phi) is 4.05. The number of nitrogens with zero attached hydrogens (tertiary/aromatic N) is 1. The summed E-state index contributed by atoms with van der Waals surface area (Å²) in [6.45, 7) is 0.347. The number of rotatable bonds is 3. The molecule has 53 valence electrons. The molecular formula is C6H13N2O. The van der Waals surface area contributed by atoms with Crippen LogP contribution in [-0.4, -0.2) is 31.4 Å². The lowest BCUT2D eigenvalue weighted by atomic mass is 10.3. The number of nitrogens with one attached hydrogen (secondary N) is 1. The van der Waals surface area contributed by atoms with E-state index in [2.05, 4.69) is 0 Å². The Morgan fingerprint density at radius 3 is 2.44 bits per heavy atom. The van der Waals surface area contributed by atoms with Gasteiger partial charge in [-0.15, -0.1) is 0 Å². The van der Waals surface area contributed by atoms with Crippen molar-refractivity contribution in [1.82, 2.24) is 10.6 Å². The van der Waals surface area contributed by atoms with Crippen LogP contribution in [0.4, 0.5) is 0 Å². The van der Waals surface area contributed by atoms with Crippen molar-refractivity contribution in [2.75, 3.05) is 20.6 Å². The molecule has 0 aliphatic rings. The maximum absolute atomic E-state index is 10.7. The van der Waals surface area contributed by atoms with E-state index in [1.807, 2.05) is 0 Å². The molecule has 3 nitrogen and oxygen atoms in total. The summed E-state index contributed by atoms with van der Waals surface area (Å²) < 4.78 is 0. The molecule has 0 fully saturated rings. The van der Waals surface area contributed by atoms with Crippen molar-refractivity contribution in [1.29, 1.82) is 0 Å². The first-order valence-corrected chi connectivity index (χ1v) is 3.03. The second-order valence-corrected chi connectivity index (χ2v) is 2.14. The fourth-order valence-electron chi connectivity index (χ4n) is 0.463. The van der Waals surface area contributed by atoms with Crippen LogP contribution in [-0.2, 0) is 4.79 Å². The Hall–Kier alpha value is -0.570. The van der Waals surface area contributed by atoms with Crippen LogP contribution in [0.25, 0.3) is 0 Å². The minimum absolute atomic E-state index is 0.113. The molecule has 0 saturated heterocycles. The third kappa shape index (κ3) is 3.97. The molecule has 0 unspecified atom stereocenters. The van der Waals surface area contributed by atoms with Gasteiger partial charge in [0.25, 0.3) is 0 Å². The van der Waals surface area contributed by atoms with E-state index >= 15 is 0 Å². The molecule has 9 heavy (non-hydrogen) atoms. The van der Waals surface area contributed by atoms with E-state index in [1.54, 1.807) is 19.0 Å². The number of hydrogen-bond acceptors (Lipinski definition) is 1. The van der Waals surface area contributed by atoms with Gasteiger partial charge in [-0.25, -0.2) is 0 Å². The zero-order valence-electron chi connectivity index (χ0n) is 5.98. The van der Waals surface area contributed by atoms with E-state index in [0.717, 1.165) is 0 Å². The first kappa shape index (κ1) is 8.43. The van der Waals surface area contributed by atoms with Crippen molar-refractivity contribution in [2.24, 2.45) is 0 Å². The summed E-state index contributed by atoms with van der Waals surface area (Å²) in [5, 5.41) is 0. The predicted octanol–water partition coefficient (Wildman–Crippen LogP) is 0.138. The lowest BCUT2D eigenvalue weighted by molar-refractivity contribution is -0.128. The lowest BCUT2D eigenvalue weighted by Gasteiger charge is -2.08. The van der Waals surface area contributed by atoms with Crippen LogP contribution in [0.2, 0.25) is 0 Å². The maximum atomic E-state index is 10.7. The summed E-state index contributed by atoms with van der Waals surface area (Å²) in [4.78, 5) is 12.3. The van der Waals surface area contributed by atoms with Crippen molar-refractivity contribution in [3.8, 4) is 0 Å². The Balaban J connectivity index is 3.28. The molecule has 0 spiro atoms. The number of carbonyl (C=O) groups excluding carboxylic acids is 1. The molecule has 0 aromatic rings.